The second-order valence-electron chi connectivity index (χ2n) is 6.27. The minimum Gasteiger partial charge on any atom is -0.464 e. The van der Waals surface area contributed by atoms with Crippen LogP contribution in [0.15, 0.2) is 24.3 Å². The highest BCUT2D eigenvalue weighted by Gasteiger charge is 2.25. The first-order valence-electron chi connectivity index (χ1n) is 8.61. The molecule has 0 fully saturated rings. The number of H-pyrrole nitrogens is 1. The van der Waals surface area contributed by atoms with Crippen molar-refractivity contribution in [1.82, 2.24) is 9.88 Å². The second kappa shape index (κ2) is 8.62. The molecule has 27 heavy (non-hydrogen) atoms. The Hall–Kier alpha value is -2.96. The maximum atomic E-state index is 13.1. The molecule has 0 aliphatic carbocycles. The predicted molar refractivity (Wildman–Crippen MR) is 98.0 cm³/mol. The molecule has 2 aromatic rings. The number of hydrogen-bond acceptors (Lipinski definition) is 4. The smallest absolute Gasteiger partial charge is 0.354 e. The van der Waals surface area contributed by atoms with E-state index in [0.717, 1.165) is 5.56 Å². The largest absolute Gasteiger partial charge is 0.464 e. The molecule has 6 nitrogen and oxygen atoms in total. The summed E-state index contributed by atoms with van der Waals surface area (Å²) < 4.78 is 17.8. The number of nitrogens with zero attached hydrogens (tertiary/aromatic N) is 1. The first-order valence-corrected chi connectivity index (χ1v) is 8.61. The third-order valence-corrected chi connectivity index (χ3v) is 4.38. The number of ether oxygens (including phenoxy) is 1. The Kier molecular flexibility index (Phi) is 6.50. The van der Waals surface area contributed by atoms with Crippen LogP contribution < -0.4 is 0 Å². The first-order chi connectivity index (χ1) is 12.8. The molecule has 1 amide bonds. The molecular weight excluding hydrogens is 351 g/mol. The van der Waals surface area contributed by atoms with Crippen LogP contribution in [0.3, 0.4) is 0 Å². The van der Waals surface area contributed by atoms with Crippen LogP contribution >= 0.6 is 0 Å². The lowest BCUT2D eigenvalue weighted by atomic mass is 10.0. The van der Waals surface area contributed by atoms with Crippen LogP contribution in [0.2, 0.25) is 0 Å². The number of halogens is 1. The van der Waals surface area contributed by atoms with Crippen LogP contribution in [0, 0.1) is 19.7 Å². The van der Waals surface area contributed by atoms with E-state index >= 15 is 0 Å². The van der Waals surface area contributed by atoms with Crippen molar-refractivity contribution in [2.24, 2.45) is 0 Å². The van der Waals surface area contributed by atoms with E-state index in [1.807, 2.05) is 0 Å². The van der Waals surface area contributed by atoms with Crippen molar-refractivity contribution < 1.29 is 23.5 Å². The second-order valence-corrected chi connectivity index (χ2v) is 6.27. The van der Waals surface area contributed by atoms with Gasteiger partial charge < -0.3 is 14.6 Å². The van der Waals surface area contributed by atoms with Crippen LogP contribution in [0.4, 0.5) is 4.39 Å². The lowest BCUT2D eigenvalue weighted by molar-refractivity contribution is -0.131. The number of hydrogen-bond donors (Lipinski definition) is 1. The highest BCUT2D eigenvalue weighted by Crippen LogP contribution is 2.20. The number of carbonyl (C=O) groups excluding carboxylic acids is 3. The van der Waals surface area contributed by atoms with Crippen molar-refractivity contribution in [2.45, 2.75) is 33.7 Å². The normalized spacial score (nSPS) is 10.6. The van der Waals surface area contributed by atoms with Gasteiger partial charge in [-0.15, -0.1) is 0 Å². The Balaban J connectivity index is 2.26. The molecule has 0 aliphatic heterocycles. The molecule has 0 saturated carbocycles. The Bertz CT molecular complexity index is 856. The standard InChI is InChI=1S/C20H23FN2O4/c1-5-17(25)23(10-14-6-8-15(21)9-7-14)11-16(24)18-12(2)19(20(26)27-4)22-13(18)3/h6-9,22H,5,10-11H2,1-4H3. The van der Waals surface area contributed by atoms with Gasteiger partial charge >= 0.3 is 5.97 Å². The highest BCUT2D eigenvalue weighted by molar-refractivity contribution is 6.04. The predicted octanol–water partition coefficient (Wildman–Crippen LogP) is 3.18. The fraction of sp³-hybridized carbons (Fsp3) is 0.350. The number of carbonyl (C=O) groups is 3. The molecule has 1 heterocycles. The molecule has 2 rings (SSSR count). The molecule has 0 atom stereocenters. The van der Waals surface area contributed by atoms with E-state index in [0.29, 0.717) is 16.8 Å². The van der Waals surface area contributed by atoms with E-state index in [1.54, 1.807) is 32.9 Å². The first kappa shape index (κ1) is 20.4. The van der Waals surface area contributed by atoms with Gasteiger partial charge in [-0.3, -0.25) is 9.59 Å². The van der Waals surface area contributed by atoms with Gasteiger partial charge in [0.05, 0.1) is 13.7 Å². The molecule has 0 bridgehead atoms. The Morgan fingerprint density at radius 1 is 1.15 bits per heavy atom. The molecule has 0 unspecified atom stereocenters. The van der Waals surface area contributed by atoms with Gasteiger partial charge in [-0.2, -0.15) is 0 Å². The van der Waals surface area contributed by atoms with Crippen LogP contribution in [0.5, 0.6) is 0 Å². The summed E-state index contributed by atoms with van der Waals surface area (Å²) in [5.41, 5.74) is 2.37. The lowest BCUT2D eigenvalue weighted by Crippen LogP contribution is -2.35. The summed E-state index contributed by atoms with van der Waals surface area (Å²) in [4.78, 5) is 41.3. The van der Waals surface area contributed by atoms with Crippen molar-refractivity contribution in [2.75, 3.05) is 13.7 Å². The zero-order valence-corrected chi connectivity index (χ0v) is 15.9. The van der Waals surface area contributed by atoms with Crippen LogP contribution in [0.1, 0.15) is 51.0 Å². The van der Waals surface area contributed by atoms with E-state index in [-0.39, 0.29) is 42.7 Å². The number of nitrogens with one attached hydrogen (secondary N) is 1. The minimum atomic E-state index is -0.553. The summed E-state index contributed by atoms with van der Waals surface area (Å²) in [7, 11) is 1.27. The van der Waals surface area contributed by atoms with E-state index in [9.17, 15) is 18.8 Å². The topological polar surface area (TPSA) is 79.5 Å². The van der Waals surface area contributed by atoms with E-state index in [4.69, 9.17) is 4.74 Å². The van der Waals surface area contributed by atoms with Gasteiger partial charge in [0.25, 0.3) is 0 Å². The number of aryl methyl sites for hydroxylation is 1. The summed E-state index contributed by atoms with van der Waals surface area (Å²) in [5.74, 6) is -1.38. The van der Waals surface area contributed by atoms with E-state index in [1.165, 1.54) is 24.1 Å². The SMILES string of the molecule is CCC(=O)N(CC(=O)c1c(C)[nH]c(C(=O)OC)c1C)Cc1ccc(F)cc1. The number of rotatable bonds is 7. The van der Waals surface area contributed by atoms with E-state index in [2.05, 4.69) is 4.98 Å². The van der Waals surface area contributed by atoms with Gasteiger partial charge in [-0.05, 0) is 37.1 Å². The van der Waals surface area contributed by atoms with Crippen molar-refractivity contribution in [3.63, 3.8) is 0 Å². The summed E-state index contributed by atoms with van der Waals surface area (Å²) >= 11 is 0. The summed E-state index contributed by atoms with van der Waals surface area (Å²) in [6, 6.07) is 5.79. The fourth-order valence-corrected chi connectivity index (χ4v) is 2.99. The molecule has 1 aromatic heterocycles. The fourth-order valence-electron chi connectivity index (χ4n) is 2.99. The Morgan fingerprint density at radius 3 is 2.33 bits per heavy atom. The quantitative estimate of drug-likeness (QED) is 0.596. The van der Waals surface area contributed by atoms with Crippen LogP contribution in [-0.2, 0) is 16.1 Å². The molecule has 7 heteroatoms. The number of aromatic nitrogens is 1. The Labute approximate surface area is 157 Å². The van der Waals surface area contributed by atoms with Gasteiger partial charge in [0.1, 0.15) is 11.5 Å². The molecule has 1 aromatic carbocycles. The molecular formula is C20H23FN2O4. The molecule has 0 saturated heterocycles. The summed E-state index contributed by atoms with van der Waals surface area (Å²) in [5, 5.41) is 0. The Morgan fingerprint density at radius 2 is 1.78 bits per heavy atom. The van der Waals surface area contributed by atoms with E-state index < -0.39 is 5.97 Å². The molecule has 144 valence electrons. The number of amides is 1. The maximum Gasteiger partial charge on any atom is 0.354 e. The lowest BCUT2D eigenvalue weighted by Gasteiger charge is -2.22. The number of aromatic amines is 1. The van der Waals surface area contributed by atoms with Gasteiger partial charge in [-0.1, -0.05) is 19.1 Å². The number of esters is 1. The van der Waals surface area contributed by atoms with Gasteiger partial charge in [0.15, 0.2) is 5.78 Å². The van der Waals surface area contributed by atoms with Crippen molar-refractivity contribution in [3.05, 3.63) is 58.2 Å². The third kappa shape index (κ3) is 4.61. The van der Waals surface area contributed by atoms with Crippen LogP contribution in [-0.4, -0.2) is 41.2 Å². The van der Waals surface area contributed by atoms with Gasteiger partial charge in [-0.25, -0.2) is 9.18 Å². The summed E-state index contributed by atoms with van der Waals surface area (Å²) in [6.45, 7) is 5.13. The average molecular weight is 374 g/mol. The summed E-state index contributed by atoms with van der Waals surface area (Å²) in [6.07, 6.45) is 0.243. The molecule has 0 aliphatic rings. The molecule has 1 N–H and O–H groups in total. The van der Waals surface area contributed by atoms with Crippen molar-refractivity contribution in [3.8, 4) is 0 Å². The number of benzene rings is 1. The minimum absolute atomic E-state index is 0.135. The zero-order chi connectivity index (χ0) is 20.1. The van der Waals surface area contributed by atoms with Gasteiger partial charge in [0.2, 0.25) is 5.91 Å². The highest BCUT2D eigenvalue weighted by atomic mass is 19.1. The number of methoxy groups -OCH3 is 1. The van der Waals surface area contributed by atoms with Crippen molar-refractivity contribution in [1.29, 1.82) is 0 Å². The molecule has 0 radical (unpaired) electrons. The zero-order valence-electron chi connectivity index (χ0n) is 15.9. The monoisotopic (exact) mass is 374 g/mol. The number of ketones is 1. The van der Waals surface area contributed by atoms with Crippen molar-refractivity contribution >= 4 is 17.7 Å². The maximum absolute atomic E-state index is 13.1. The average Bonchev–Trinajstić information content (AvgIpc) is 2.95. The van der Waals surface area contributed by atoms with Crippen LogP contribution in [0.25, 0.3) is 0 Å². The third-order valence-electron chi connectivity index (χ3n) is 4.38. The number of Topliss-reactive ketones (excluding diaryl/α,β-unsaturated/α-hetero) is 1. The molecule has 0 spiro atoms. The van der Waals surface area contributed by atoms with Gasteiger partial charge in [0, 0.05) is 24.2 Å².